The van der Waals surface area contributed by atoms with Gasteiger partial charge in [-0.25, -0.2) is 0 Å². The standard InChI is InChI=1S/C46H28N4OSi/c1-52(2)43-19-13-29(49-39-16-11-27(25-47)21-34(39)35-22-28(26-48)12-17-40(35)49)23-36(43)37-24-30(14-20-44(37)52)50-38-9-5-3-7-31(38)32-15-18-42-45(46(32)50)33-8-4-6-10-41(33)51-42/h3-24H,1-2H3. The summed E-state index contributed by atoms with van der Waals surface area (Å²) >= 11 is 0. The van der Waals surface area contributed by atoms with E-state index in [1.807, 2.05) is 48.5 Å². The first-order valence-electron chi connectivity index (χ1n) is 17.5. The van der Waals surface area contributed by atoms with E-state index in [1.54, 1.807) is 0 Å². The largest absolute Gasteiger partial charge is 0.456 e. The predicted molar refractivity (Wildman–Crippen MR) is 214 cm³/mol. The van der Waals surface area contributed by atoms with E-state index in [-0.39, 0.29) is 0 Å². The lowest BCUT2D eigenvalue weighted by Crippen LogP contribution is -2.49. The minimum atomic E-state index is -2.01. The Kier molecular flexibility index (Phi) is 5.62. The average Bonchev–Trinajstić information content (AvgIpc) is 3.89. The zero-order valence-electron chi connectivity index (χ0n) is 28.4. The lowest BCUT2D eigenvalue weighted by Gasteiger charge is -2.19. The summed E-state index contributed by atoms with van der Waals surface area (Å²) in [4.78, 5) is 0. The second kappa shape index (κ2) is 10.1. The molecule has 0 saturated carbocycles. The van der Waals surface area contributed by atoms with Crippen molar-refractivity contribution < 1.29 is 4.42 Å². The first kappa shape index (κ1) is 28.9. The van der Waals surface area contributed by atoms with Crippen molar-refractivity contribution in [2.24, 2.45) is 0 Å². The summed E-state index contributed by atoms with van der Waals surface area (Å²) in [6.07, 6.45) is 0. The quantitative estimate of drug-likeness (QED) is 0.171. The molecular formula is C46H28N4OSi. The molecule has 1 aliphatic heterocycles. The highest BCUT2D eigenvalue weighted by atomic mass is 28.3. The van der Waals surface area contributed by atoms with Gasteiger partial charge in [-0.3, -0.25) is 0 Å². The number of furan rings is 1. The number of nitriles is 2. The van der Waals surface area contributed by atoms with Gasteiger partial charge in [0.25, 0.3) is 0 Å². The van der Waals surface area contributed by atoms with Crippen LogP contribution in [0.4, 0.5) is 0 Å². The molecule has 0 aliphatic carbocycles. The lowest BCUT2D eigenvalue weighted by atomic mass is 10.0. The van der Waals surface area contributed by atoms with Gasteiger partial charge in [-0.2, -0.15) is 10.5 Å². The van der Waals surface area contributed by atoms with E-state index in [9.17, 15) is 10.5 Å². The molecule has 6 heteroatoms. The molecule has 7 aromatic carbocycles. The van der Waals surface area contributed by atoms with Gasteiger partial charge < -0.3 is 13.6 Å². The second-order valence-electron chi connectivity index (χ2n) is 14.4. The highest BCUT2D eigenvalue weighted by Gasteiger charge is 2.38. The number of para-hydroxylation sites is 2. The maximum atomic E-state index is 9.73. The van der Waals surface area contributed by atoms with E-state index in [1.165, 1.54) is 32.3 Å². The smallest absolute Gasteiger partial charge is 0.137 e. The van der Waals surface area contributed by atoms with E-state index >= 15 is 0 Å². The summed E-state index contributed by atoms with van der Waals surface area (Å²) in [5.41, 5.74) is 12.0. The summed E-state index contributed by atoms with van der Waals surface area (Å²) in [7, 11) is -2.01. The van der Waals surface area contributed by atoms with Gasteiger partial charge in [0.15, 0.2) is 0 Å². The maximum Gasteiger partial charge on any atom is 0.137 e. The molecule has 0 bridgehead atoms. The molecular weight excluding hydrogens is 653 g/mol. The number of rotatable bonds is 2. The fraction of sp³-hybridized carbons (Fsp3) is 0.0435. The molecule has 0 saturated heterocycles. The third kappa shape index (κ3) is 3.69. The SMILES string of the molecule is C[Si]1(C)c2ccc(-n3c4ccc(C#N)cc4c4cc(C#N)ccc43)cc2-c2cc(-n3c4ccccc4c4ccc5oc6ccccc6c5c43)ccc21. The fourth-order valence-corrected chi connectivity index (χ4v) is 12.0. The Morgan fingerprint density at radius 3 is 1.73 bits per heavy atom. The van der Waals surface area contributed by atoms with Gasteiger partial charge in [0, 0.05) is 38.3 Å². The summed E-state index contributed by atoms with van der Waals surface area (Å²) in [6, 6.07) is 51.6. The van der Waals surface area contributed by atoms with Crippen molar-refractivity contribution >= 4 is 84.0 Å². The van der Waals surface area contributed by atoms with E-state index in [0.29, 0.717) is 11.1 Å². The van der Waals surface area contributed by atoms with Crippen LogP contribution in [-0.4, -0.2) is 17.2 Å². The summed E-state index contributed by atoms with van der Waals surface area (Å²) in [5, 5.41) is 28.9. The van der Waals surface area contributed by atoms with Crippen LogP contribution in [0.2, 0.25) is 13.1 Å². The zero-order valence-corrected chi connectivity index (χ0v) is 29.4. The topological polar surface area (TPSA) is 70.6 Å². The molecule has 242 valence electrons. The van der Waals surface area contributed by atoms with Crippen molar-refractivity contribution in [3.63, 3.8) is 0 Å². The normalized spacial score (nSPS) is 13.3. The van der Waals surface area contributed by atoms with Crippen LogP contribution in [0.25, 0.3) is 88.1 Å². The van der Waals surface area contributed by atoms with Gasteiger partial charge in [0.2, 0.25) is 0 Å². The Balaban J connectivity index is 1.18. The Morgan fingerprint density at radius 2 is 1.08 bits per heavy atom. The molecule has 0 N–H and O–H groups in total. The number of benzene rings is 7. The van der Waals surface area contributed by atoms with Crippen LogP contribution in [0.3, 0.4) is 0 Å². The molecule has 4 heterocycles. The van der Waals surface area contributed by atoms with Gasteiger partial charge in [-0.15, -0.1) is 0 Å². The first-order chi connectivity index (χ1) is 25.4. The number of hydrogen-bond acceptors (Lipinski definition) is 3. The monoisotopic (exact) mass is 680 g/mol. The molecule has 0 atom stereocenters. The Bertz CT molecular complexity index is 3240. The highest BCUT2D eigenvalue weighted by molar-refractivity contribution is 7.03. The molecule has 0 fully saturated rings. The van der Waals surface area contributed by atoms with Crippen molar-refractivity contribution in [3.8, 4) is 34.6 Å². The van der Waals surface area contributed by atoms with E-state index < -0.39 is 8.07 Å². The number of aromatic nitrogens is 2. The van der Waals surface area contributed by atoms with Crippen LogP contribution < -0.4 is 10.4 Å². The predicted octanol–water partition coefficient (Wildman–Crippen LogP) is 10.3. The van der Waals surface area contributed by atoms with Crippen molar-refractivity contribution in [2.75, 3.05) is 0 Å². The van der Waals surface area contributed by atoms with Crippen LogP contribution in [0.1, 0.15) is 11.1 Å². The third-order valence-corrected chi connectivity index (χ3v) is 14.9. The van der Waals surface area contributed by atoms with E-state index in [4.69, 9.17) is 4.42 Å². The van der Waals surface area contributed by atoms with Gasteiger partial charge in [-0.05, 0) is 106 Å². The molecule has 0 unspecified atom stereocenters. The molecule has 5 nitrogen and oxygen atoms in total. The third-order valence-electron chi connectivity index (χ3n) is 11.4. The van der Waals surface area contributed by atoms with Crippen molar-refractivity contribution in [3.05, 3.63) is 145 Å². The molecule has 52 heavy (non-hydrogen) atoms. The van der Waals surface area contributed by atoms with Crippen LogP contribution in [0.5, 0.6) is 0 Å². The van der Waals surface area contributed by atoms with Crippen molar-refractivity contribution in [1.29, 1.82) is 10.5 Å². The molecule has 3 aromatic heterocycles. The van der Waals surface area contributed by atoms with E-state index in [0.717, 1.165) is 66.2 Å². The number of fused-ring (bicyclic) bond motifs is 13. The molecule has 11 rings (SSSR count). The van der Waals surface area contributed by atoms with Crippen LogP contribution in [0, 0.1) is 22.7 Å². The van der Waals surface area contributed by atoms with Gasteiger partial charge in [-0.1, -0.05) is 61.6 Å². The van der Waals surface area contributed by atoms with Crippen LogP contribution >= 0.6 is 0 Å². The van der Waals surface area contributed by atoms with Crippen LogP contribution in [0.15, 0.2) is 138 Å². The minimum Gasteiger partial charge on any atom is -0.456 e. The summed E-state index contributed by atoms with van der Waals surface area (Å²) < 4.78 is 11.1. The summed E-state index contributed by atoms with van der Waals surface area (Å²) in [6.45, 7) is 4.90. The minimum absolute atomic E-state index is 0.600. The number of nitrogens with zero attached hydrogens (tertiary/aromatic N) is 4. The highest BCUT2D eigenvalue weighted by Crippen LogP contribution is 2.42. The van der Waals surface area contributed by atoms with Crippen molar-refractivity contribution in [2.45, 2.75) is 13.1 Å². The fourth-order valence-electron chi connectivity index (χ4n) is 9.00. The zero-order chi connectivity index (χ0) is 34.9. The number of hydrogen-bond donors (Lipinski definition) is 0. The summed E-state index contributed by atoms with van der Waals surface area (Å²) in [5.74, 6) is 0. The Morgan fingerprint density at radius 1 is 0.500 bits per heavy atom. The molecule has 0 radical (unpaired) electrons. The lowest BCUT2D eigenvalue weighted by molar-refractivity contribution is 0.669. The molecule has 0 spiro atoms. The first-order valence-corrected chi connectivity index (χ1v) is 20.5. The molecule has 10 aromatic rings. The second-order valence-corrected chi connectivity index (χ2v) is 18.7. The Labute approximate surface area is 299 Å². The maximum absolute atomic E-state index is 9.73. The molecule has 1 aliphatic rings. The molecule has 0 amide bonds. The van der Waals surface area contributed by atoms with Gasteiger partial charge in [0.1, 0.15) is 19.2 Å². The van der Waals surface area contributed by atoms with Gasteiger partial charge >= 0.3 is 0 Å². The van der Waals surface area contributed by atoms with Gasteiger partial charge in [0.05, 0.1) is 50.7 Å². The van der Waals surface area contributed by atoms with Crippen LogP contribution in [-0.2, 0) is 0 Å². The Hall–Kier alpha value is -6.86. The van der Waals surface area contributed by atoms with Crippen molar-refractivity contribution in [1.82, 2.24) is 9.13 Å². The average molecular weight is 681 g/mol. The van der Waals surface area contributed by atoms with E-state index in [2.05, 4.69) is 119 Å².